The van der Waals surface area contributed by atoms with E-state index in [1.54, 1.807) is 0 Å². The molecular formula is C32H34O2. The van der Waals surface area contributed by atoms with Crippen LogP contribution in [-0.4, -0.2) is 11.6 Å². The van der Waals surface area contributed by atoms with Gasteiger partial charge >= 0.3 is 0 Å². The standard InChI is InChI=1S/C32H34O2/c1-7-31(3,4)27-19-21(23-13-9-11-15-25(23)29(27)33)17-18-22-20-28(32(5,6)8-2)30(34)26-16-12-10-14-24(22)26/h9-20H,7-8H2,1-6H3. The third-order valence-electron chi connectivity index (χ3n) is 7.72. The molecule has 4 rings (SSSR count). The number of Topliss-reactive ketones (excluding diaryl/α,β-unsaturated/α-hetero) is 2. The first-order valence-corrected chi connectivity index (χ1v) is 12.2. The Morgan fingerprint density at radius 3 is 1.24 bits per heavy atom. The molecule has 0 saturated carbocycles. The molecule has 0 amide bonds. The van der Waals surface area contributed by atoms with Crippen LogP contribution in [0.15, 0.2) is 84.0 Å². The quantitative estimate of drug-likeness (QED) is 0.459. The average Bonchev–Trinajstić information content (AvgIpc) is 2.84. The number of carbonyl (C=O) groups is 2. The highest BCUT2D eigenvalue weighted by atomic mass is 16.1. The number of hydrogen-bond donors (Lipinski definition) is 0. The first kappa shape index (κ1) is 23.9. The Morgan fingerprint density at radius 2 is 0.912 bits per heavy atom. The van der Waals surface area contributed by atoms with E-state index in [-0.39, 0.29) is 22.4 Å². The summed E-state index contributed by atoms with van der Waals surface area (Å²) in [6, 6.07) is 15.7. The highest BCUT2D eigenvalue weighted by molar-refractivity contribution is 6.18. The molecule has 0 spiro atoms. The molecule has 2 aliphatic carbocycles. The molecule has 0 unspecified atom stereocenters. The largest absolute Gasteiger partial charge is 0.289 e. The molecule has 0 atom stereocenters. The molecule has 2 aromatic carbocycles. The molecule has 2 aromatic rings. The third kappa shape index (κ3) is 4.07. The van der Waals surface area contributed by atoms with Gasteiger partial charge in [0, 0.05) is 22.3 Å². The van der Waals surface area contributed by atoms with Gasteiger partial charge in [-0.15, -0.1) is 0 Å². The van der Waals surface area contributed by atoms with Crippen molar-refractivity contribution in [1.29, 1.82) is 0 Å². The summed E-state index contributed by atoms with van der Waals surface area (Å²) in [4.78, 5) is 26.6. The van der Waals surface area contributed by atoms with E-state index in [2.05, 4.69) is 65.8 Å². The average molecular weight is 451 g/mol. The normalized spacial score (nSPS) is 18.5. The van der Waals surface area contributed by atoms with Gasteiger partial charge in [0.15, 0.2) is 11.6 Å². The van der Waals surface area contributed by atoms with Crippen LogP contribution in [0.4, 0.5) is 0 Å². The Labute approximate surface area is 203 Å². The van der Waals surface area contributed by atoms with Gasteiger partial charge in [-0.25, -0.2) is 0 Å². The summed E-state index contributed by atoms with van der Waals surface area (Å²) in [6.07, 6.45) is 10.1. The Morgan fingerprint density at radius 1 is 0.588 bits per heavy atom. The number of fused-ring (bicyclic) bond motifs is 2. The molecule has 174 valence electrons. The lowest BCUT2D eigenvalue weighted by molar-refractivity contribution is 0.0995. The summed E-state index contributed by atoms with van der Waals surface area (Å²) in [7, 11) is 0. The molecule has 34 heavy (non-hydrogen) atoms. The van der Waals surface area contributed by atoms with Crippen molar-refractivity contribution < 1.29 is 9.59 Å². The van der Waals surface area contributed by atoms with Crippen molar-refractivity contribution in [2.45, 2.75) is 54.4 Å². The predicted octanol–water partition coefficient (Wildman–Crippen LogP) is 8.27. The van der Waals surface area contributed by atoms with Gasteiger partial charge in [0.1, 0.15) is 0 Å². The summed E-state index contributed by atoms with van der Waals surface area (Å²) in [5.74, 6) is 0.237. The maximum absolute atomic E-state index is 13.3. The summed E-state index contributed by atoms with van der Waals surface area (Å²) in [6.45, 7) is 12.8. The van der Waals surface area contributed by atoms with Gasteiger partial charge in [-0.3, -0.25) is 9.59 Å². The van der Waals surface area contributed by atoms with Gasteiger partial charge < -0.3 is 0 Å². The zero-order valence-electron chi connectivity index (χ0n) is 21.2. The van der Waals surface area contributed by atoms with E-state index in [1.165, 1.54) is 0 Å². The highest BCUT2D eigenvalue weighted by Crippen LogP contribution is 2.41. The fraction of sp³-hybridized carbons (Fsp3) is 0.312. The maximum atomic E-state index is 13.3. The van der Waals surface area contributed by atoms with Crippen molar-refractivity contribution in [3.05, 3.63) is 106 Å². The van der Waals surface area contributed by atoms with Crippen LogP contribution in [0, 0.1) is 10.8 Å². The second-order valence-corrected chi connectivity index (χ2v) is 10.6. The van der Waals surface area contributed by atoms with Gasteiger partial charge in [0.05, 0.1) is 0 Å². The molecule has 0 heterocycles. The van der Waals surface area contributed by atoms with Crippen molar-refractivity contribution in [1.82, 2.24) is 0 Å². The van der Waals surface area contributed by atoms with E-state index in [9.17, 15) is 9.59 Å². The Hall–Kier alpha value is -3.26. The molecule has 0 aliphatic heterocycles. The molecule has 2 nitrogen and oxygen atoms in total. The molecule has 0 N–H and O–H groups in total. The monoisotopic (exact) mass is 450 g/mol. The number of rotatable bonds is 5. The zero-order chi connectivity index (χ0) is 24.7. The van der Waals surface area contributed by atoms with E-state index in [0.717, 1.165) is 57.4 Å². The van der Waals surface area contributed by atoms with Gasteiger partial charge in [-0.05, 0) is 58.1 Å². The van der Waals surface area contributed by atoms with Crippen LogP contribution >= 0.6 is 0 Å². The van der Waals surface area contributed by atoms with Gasteiger partial charge in [0.2, 0.25) is 0 Å². The fourth-order valence-electron chi connectivity index (χ4n) is 4.60. The minimum Gasteiger partial charge on any atom is -0.289 e. The van der Waals surface area contributed by atoms with E-state index in [1.807, 2.05) is 48.5 Å². The van der Waals surface area contributed by atoms with Crippen molar-refractivity contribution in [3.63, 3.8) is 0 Å². The van der Waals surface area contributed by atoms with Crippen molar-refractivity contribution in [2.75, 3.05) is 0 Å². The minimum absolute atomic E-state index is 0.118. The second kappa shape index (κ2) is 8.83. The summed E-state index contributed by atoms with van der Waals surface area (Å²) in [5.41, 5.74) is 6.76. The van der Waals surface area contributed by atoms with Crippen LogP contribution in [0.25, 0.3) is 11.1 Å². The first-order chi connectivity index (χ1) is 16.1. The number of allylic oxidation sites excluding steroid dienone is 8. The fourth-order valence-corrected chi connectivity index (χ4v) is 4.60. The summed E-state index contributed by atoms with van der Waals surface area (Å²) >= 11 is 0. The SMILES string of the molecule is CCC(C)(C)C1=CC(=CC=C2C=C(C(C)(C)CC)C(=O)c3ccccc32)c2ccccc2C1=O. The number of carbonyl (C=O) groups excluding carboxylic acids is 2. The van der Waals surface area contributed by atoms with Crippen LogP contribution in [0.1, 0.15) is 86.2 Å². The molecule has 2 heteroatoms. The van der Waals surface area contributed by atoms with E-state index in [4.69, 9.17) is 0 Å². The van der Waals surface area contributed by atoms with Crippen molar-refractivity contribution >= 4 is 22.7 Å². The Balaban J connectivity index is 1.91. The maximum Gasteiger partial charge on any atom is 0.190 e. The molecule has 0 radical (unpaired) electrons. The van der Waals surface area contributed by atoms with Crippen LogP contribution in [0.2, 0.25) is 0 Å². The predicted molar refractivity (Wildman–Crippen MR) is 142 cm³/mol. The van der Waals surface area contributed by atoms with E-state index in [0.29, 0.717) is 0 Å². The highest BCUT2D eigenvalue weighted by Gasteiger charge is 2.33. The minimum atomic E-state index is -0.209. The van der Waals surface area contributed by atoms with Gasteiger partial charge in [0.25, 0.3) is 0 Å². The smallest absolute Gasteiger partial charge is 0.190 e. The molecule has 0 bridgehead atoms. The topological polar surface area (TPSA) is 34.1 Å². The van der Waals surface area contributed by atoms with E-state index < -0.39 is 0 Å². The lowest BCUT2D eigenvalue weighted by atomic mass is 9.72. The van der Waals surface area contributed by atoms with Gasteiger partial charge in [-0.1, -0.05) is 102 Å². The van der Waals surface area contributed by atoms with Gasteiger partial charge in [-0.2, -0.15) is 0 Å². The molecular weight excluding hydrogens is 416 g/mol. The molecule has 2 aliphatic rings. The Kier molecular flexibility index (Phi) is 6.20. The molecule has 0 aromatic heterocycles. The third-order valence-corrected chi connectivity index (χ3v) is 7.72. The molecule has 0 fully saturated rings. The Bertz CT molecular complexity index is 1190. The lowest BCUT2D eigenvalue weighted by Crippen LogP contribution is -2.24. The van der Waals surface area contributed by atoms with Crippen molar-refractivity contribution in [2.24, 2.45) is 10.8 Å². The molecule has 0 saturated heterocycles. The van der Waals surface area contributed by atoms with Crippen LogP contribution in [0.3, 0.4) is 0 Å². The van der Waals surface area contributed by atoms with Crippen molar-refractivity contribution in [3.8, 4) is 0 Å². The zero-order valence-corrected chi connectivity index (χ0v) is 21.2. The van der Waals surface area contributed by atoms with E-state index >= 15 is 0 Å². The first-order valence-electron chi connectivity index (χ1n) is 12.2. The number of hydrogen-bond acceptors (Lipinski definition) is 2. The van der Waals surface area contributed by atoms with Crippen LogP contribution in [-0.2, 0) is 0 Å². The lowest BCUT2D eigenvalue weighted by Gasteiger charge is -2.30. The summed E-state index contributed by atoms with van der Waals surface area (Å²) in [5, 5.41) is 0. The number of ketones is 2. The van der Waals surface area contributed by atoms with Crippen LogP contribution in [0.5, 0.6) is 0 Å². The number of benzene rings is 2. The van der Waals surface area contributed by atoms with Crippen LogP contribution < -0.4 is 0 Å². The second-order valence-electron chi connectivity index (χ2n) is 10.6. The summed E-state index contributed by atoms with van der Waals surface area (Å²) < 4.78 is 0.